The molecule has 0 unspecified atom stereocenters. The minimum absolute atomic E-state index is 1.11. The van der Waals surface area contributed by atoms with Crippen LogP contribution >= 0.6 is 0 Å². The van der Waals surface area contributed by atoms with E-state index < -0.39 is 6.09 Å². The molecular formula is C9H12N2O2. The lowest BCUT2D eigenvalue weighted by molar-refractivity contribution is 0.205. The molecule has 2 rings (SSSR count). The minimum atomic E-state index is -1.33. The lowest BCUT2D eigenvalue weighted by Crippen LogP contribution is -2.03. The molecule has 1 heterocycles. The van der Waals surface area contributed by atoms with Crippen molar-refractivity contribution in [1.29, 1.82) is 0 Å². The standard InChI is InChI=1S/C8H9N.CH3NO2/c1-2-4-8-7(3-1)5-6-9-8;2-1(3)4/h1-4,9H,5-6H2;2H2,(H,3,4). The fraction of sp³-hybridized carbons (Fsp3) is 0.222. The third-order valence-corrected chi connectivity index (χ3v) is 1.73. The van der Waals surface area contributed by atoms with Crippen LogP contribution in [-0.4, -0.2) is 17.7 Å². The fourth-order valence-electron chi connectivity index (χ4n) is 1.24. The van der Waals surface area contributed by atoms with Gasteiger partial charge in [0, 0.05) is 12.2 Å². The summed E-state index contributed by atoms with van der Waals surface area (Å²) in [7, 11) is 0. The Labute approximate surface area is 76.4 Å². The number of primary amides is 1. The molecule has 4 heteroatoms. The summed E-state index contributed by atoms with van der Waals surface area (Å²) in [6.45, 7) is 1.11. The monoisotopic (exact) mass is 180 g/mol. The highest BCUT2D eigenvalue weighted by Gasteiger charge is 2.05. The largest absolute Gasteiger partial charge is 0.465 e. The summed E-state index contributed by atoms with van der Waals surface area (Å²) in [5.41, 5.74) is 6.80. The van der Waals surface area contributed by atoms with Crippen LogP contribution < -0.4 is 11.1 Å². The summed E-state index contributed by atoms with van der Waals surface area (Å²) < 4.78 is 0. The van der Waals surface area contributed by atoms with Gasteiger partial charge in [0.15, 0.2) is 0 Å². The van der Waals surface area contributed by atoms with Gasteiger partial charge in [0.2, 0.25) is 0 Å². The van der Waals surface area contributed by atoms with Gasteiger partial charge in [-0.25, -0.2) is 4.79 Å². The zero-order chi connectivity index (χ0) is 9.68. The van der Waals surface area contributed by atoms with E-state index in [2.05, 4.69) is 35.3 Å². The Kier molecular flexibility index (Phi) is 3.14. The molecule has 0 fully saturated rings. The van der Waals surface area contributed by atoms with E-state index >= 15 is 0 Å². The molecule has 0 saturated heterocycles. The second kappa shape index (κ2) is 4.35. The Bertz CT molecular complexity index is 272. The van der Waals surface area contributed by atoms with Crippen LogP contribution in [0.25, 0.3) is 0 Å². The molecule has 0 aliphatic carbocycles. The van der Waals surface area contributed by atoms with E-state index in [1.807, 2.05) is 0 Å². The number of benzene rings is 1. The van der Waals surface area contributed by atoms with E-state index in [1.54, 1.807) is 0 Å². The van der Waals surface area contributed by atoms with Crippen LogP contribution in [0.3, 0.4) is 0 Å². The Morgan fingerprint density at radius 2 is 2.08 bits per heavy atom. The number of amides is 1. The molecule has 1 amide bonds. The molecule has 1 aromatic carbocycles. The fourth-order valence-corrected chi connectivity index (χ4v) is 1.24. The van der Waals surface area contributed by atoms with Crippen LogP contribution in [0.5, 0.6) is 0 Å². The first-order chi connectivity index (χ1) is 6.20. The van der Waals surface area contributed by atoms with E-state index in [-0.39, 0.29) is 0 Å². The van der Waals surface area contributed by atoms with Crippen LogP contribution in [0.4, 0.5) is 10.5 Å². The van der Waals surface area contributed by atoms with Gasteiger partial charge in [-0.3, -0.25) is 0 Å². The quantitative estimate of drug-likeness (QED) is 0.563. The number of hydrogen-bond donors (Lipinski definition) is 3. The molecule has 0 saturated carbocycles. The lowest BCUT2D eigenvalue weighted by atomic mass is 10.2. The molecule has 70 valence electrons. The summed E-state index contributed by atoms with van der Waals surface area (Å²) in [6, 6.07) is 8.46. The number of nitrogens with two attached hydrogens (primary N) is 1. The topological polar surface area (TPSA) is 75.4 Å². The van der Waals surface area contributed by atoms with Crippen molar-refractivity contribution in [2.75, 3.05) is 11.9 Å². The second-order valence-corrected chi connectivity index (χ2v) is 2.67. The molecule has 4 nitrogen and oxygen atoms in total. The first kappa shape index (κ1) is 9.38. The van der Waals surface area contributed by atoms with Crippen molar-refractivity contribution in [3.63, 3.8) is 0 Å². The predicted molar refractivity (Wildman–Crippen MR) is 50.8 cm³/mol. The third kappa shape index (κ3) is 3.02. The van der Waals surface area contributed by atoms with Crippen LogP contribution in [-0.2, 0) is 6.42 Å². The molecule has 1 aromatic rings. The summed E-state index contributed by atoms with van der Waals surface area (Å²) >= 11 is 0. The highest BCUT2D eigenvalue weighted by Crippen LogP contribution is 2.19. The molecule has 1 aliphatic rings. The summed E-state index contributed by atoms with van der Waals surface area (Å²) in [6.07, 6.45) is -0.143. The number of fused-ring (bicyclic) bond motifs is 1. The van der Waals surface area contributed by atoms with E-state index in [9.17, 15) is 0 Å². The van der Waals surface area contributed by atoms with E-state index in [1.165, 1.54) is 17.7 Å². The van der Waals surface area contributed by atoms with Crippen molar-refractivity contribution in [1.82, 2.24) is 0 Å². The van der Waals surface area contributed by atoms with Crippen molar-refractivity contribution >= 4 is 11.8 Å². The maximum Gasteiger partial charge on any atom is 0.402 e. The first-order valence-corrected chi connectivity index (χ1v) is 4.00. The SMILES string of the molecule is NC(=O)O.c1ccc2c(c1)CCN2. The van der Waals surface area contributed by atoms with Gasteiger partial charge in [0.1, 0.15) is 0 Å². The maximum atomic E-state index is 8.78. The number of nitrogens with one attached hydrogen (secondary N) is 1. The van der Waals surface area contributed by atoms with Gasteiger partial charge in [-0.05, 0) is 18.1 Å². The van der Waals surface area contributed by atoms with Gasteiger partial charge in [0.05, 0.1) is 0 Å². The third-order valence-electron chi connectivity index (χ3n) is 1.73. The molecule has 0 radical (unpaired) electrons. The zero-order valence-electron chi connectivity index (χ0n) is 7.16. The Hall–Kier alpha value is -1.71. The molecule has 1 aliphatic heterocycles. The maximum absolute atomic E-state index is 8.78. The first-order valence-electron chi connectivity index (χ1n) is 4.00. The Balaban J connectivity index is 0.000000184. The highest BCUT2D eigenvalue weighted by molar-refractivity contribution is 5.61. The summed E-state index contributed by atoms with van der Waals surface area (Å²) in [4.78, 5) is 8.78. The van der Waals surface area contributed by atoms with Crippen LogP contribution in [0.2, 0.25) is 0 Å². The molecule has 13 heavy (non-hydrogen) atoms. The number of rotatable bonds is 0. The Morgan fingerprint density at radius 1 is 1.46 bits per heavy atom. The number of hydrogen-bond acceptors (Lipinski definition) is 2. The summed E-state index contributed by atoms with van der Waals surface area (Å²) in [5.74, 6) is 0. The van der Waals surface area contributed by atoms with Crippen LogP contribution in [0.15, 0.2) is 24.3 Å². The second-order valence-electron chi connectivity index (χ2n) is 2.67. The number of carbonyl (C=O) groups is 1. The number of para-hydroxylation sites is 1. The van der Waals surface area contributed by atoms with E-state index in [0.717, 1.165) is 6.54 Å². The van der Waals surface area contributed by atoms with E-state index in [0.29, 0.717) is 0 Å². The van der Waals surface area contributed by atoms with Crippen molar-refractivity contribution in [2.45, 2.75) is 6.42 Å². The van der Waals surface area contributed by atoms with Crippen LogP contribution in [0, 0.1) is 0 Å². The number of anilines is 1. The highest BCUT2D eigenvalue weighted by atomic mass is 16.4. The smallest absolute Gasteiger partial charge is 0.402 e. The van der Waals surface area contributed by atoms with E-state index in [4.69, 9.17) is 9.90 Å². The number of carboxylic acid groups (broad SMARTS) is 1. The average molecular weight is 180 g/mol. The molecular weight excluding hydrogens is 168 g/mol. The van der Waals surface area contributed by atoms with Crippen molar-refractivity contribution < 1.29 is 9.90 Å². The van der Waals surface area contributed by atoms with Gasteiger partial charge in [-0.15, -0.1) is 0 Å². The van der Waals surface area contributed by atoms with Gasteiger partial charge >= 0.3 is 6.09 Å². The molecule has 0 spiro atoms. The predicted octanol–water partition coefficient (Wildman–Crippen LogP) is 1.28. The van der Waals surface area contributed by atoms with Crippen LogP contribution in [0.1, 0.15) is 5.56 Å². The molecule has 0 bridgehead atoms. The minimum Gasteiger partial charge on any atom is -0.465 e. The van der Waals surface area contributed by atoms with Crippen molar-refractivity contribution in [2.24, 2.45) is 5.73 Å². The average Bonchev–Trinajstić information content (AvgIpc) is 2.49. The Morgan fingerprint density at radius 3 is 2.69 bits per heavy atom. The lowest BCUT2D eigenvalue weighted by Gasteiger charge is -1.94. The van der Waals surface area contributed by atoms with Gasteiger partial charge in [0.25, 0.3) is 0 Å². The molecule has 0 atom stereocenters. The van der Waals surface area contributed by atoms with Gasteiger partial charge < -0.3 is 16.2 Å². The normalized spacial score (nSPS) is 12.0. The molecule has 0 aromatic heterocycles. The van der Waals surface area contributed by atoms with Gasteiger partial charge in [-0.2, -0.15) is 0 Å². The van der Waals surface area contributed by atoms with Crippen molar-refractivity contribution in [3.05, 3.63) is 29.8 Å². The zero-order valence-corrected chi connectivity index (χ0v) is 7.16. The van der Waals surface area contributed by atoms with Crippen molar-refractivity contribution in [3.8, 4) is 0 Å². The van der Waals surface area contributed by atoms with Gasteiger partial charge in [-0.1, -0.05) is 18.2 Å². The summed E-state index contributed by atoms with van der Waals surface area (Å²) in [5, 5.41) is 10.5. The molecule has 4 N–H and O–H groups in total.